The van der Waals surface area contributed by atoms with Crippen LogP contribution in [-0.4, -0.2) is 7.11 Å². The van der Waals surface area contributed by atoms with E-state index in [1.165, 1.54) is 0 Å². The molecule has 0 bridgehead atoms. The SMILES string of the molecule is C=C/C=C/OC. The highest BCUT2D eigenvalue weighted by Gasteiger charge is 1.51. The lowest BCUT2D eigenvalue weighted by atomic mass is 10.6. The van der Waals surface area contributed by atoms with Crippen LogP contribution in [0.15, 0.2) is 25.0 Å². The van der Waals surface area contributed by atoms with Crippen molar-refractivity contribution in [1.29, 1.82) is 0 Å². The normalized spacial score (nSPS) is 8.83. The van der Waals surface area contributed by atoms with E-state index in [1.54, 1.807) is 25.5 Å². The summed E-state index contributed by atoms with van der Waals surface area (Å²) in [4.78, 5) is 0. The van der Waals surface area contributed by atoms with Crippen molar-refractivity contribution < 1.29 is 4.74 Å². The van der Waals surface area contributed by atoms with Crippen LogP contribution in [0.2, 0.25) is 0 Å². The van der Waals surface area contributed by atoms with Crippen LogP contribution >= 0.6 is 0 Å². The van der Waals surface area contributed by atoms with Crippen molar-refractivity contribution in [3.63, 3.8) is 0 Å². The van der Waals surface area contributed by atoms with Crippen molar-refractivity contribution in [2.45, 2.75) is 0 Å². The topological polar surface area (TPSA) is 9.23 Å². The van der Waals surface area contributed by atoms with Gasteiger partial charge < -0.3 is 4.74 Å². The quantitative estimate of drug-likeness (QED) is 0.362. The van der Waals surface area contributed by atoms with Gasteiger partial charge in [0, 0.05) is 0 Å². The molecule has 0 aliphatic rings. The van der Waals surface area contributed by atoms with Gasteiger partial charge >= 0.3 is 0 Å². The van der Waals surface area contributed by atoms with E-state index in [0.29, 0.717) is 0 Å². The number of ether oxygens (including phenoxy) is 1. The lowest BCUT2D eigenvalue weighted by molar-refractivity contribution is 0.338. The van der Waals surface area contributed by atoms with Crippen LogP contribution in [0.1, 0.15) is 0 Å². The first kappa shape index (κ1) is 5.28. The smallest absolute Gasteiger partial charge is 0.0824 e. The molecule has 6 heavy (non-hydrogen) atoms. The van der Waals surface area contributed by atoms with Crippen molar-refractivity contribution in [1.82, 2.24) is 0 Å². The van der Waals surface area contributed by atoms with E-state index >= 15 is 0 Å². The van der Waals surface area contributed by atoms with Crippen LogP contribution in [0.25, 0.3) is 0 Å². The maximum Gasteiger partial charge on any atom is 0.0824 e. The fourth-order valence-electron chi connectivity index (χ4n) is 0.134. The molecule has 0 rings (SSSR count). The first-order chi connectivity index (χ1) is 2.91. The predicted molar refractivity (Wildman–Crippen MR) is 26.3 cm³/mol. The molecule has 0 saturated heterocycles. The molecule has 0 saturated carbocycles. The Bertz CT molecular complexity index is 55.0. The highest BCUT2D eigenvalue weighted by atomic mass is 16.5. The minimum atomic E-state index is 1.56. The molecule has 0 atom stereocenters. The summed E-state index contributed by atoms with van der Waals surface area (Å²) in [6.07, 6.45) is 4.94. The molecule has 0 fully saturated rings. The monoisotopic (exact) mass is 84.1 g/mol. The third-order valence-electron chi connectivity index (χ3n) is 0.351. The lowest BCUT2D eigenvalue weighted by Crippen LogP contribution is -1.58. The zero-order valence-electron chi connectivity index (χ0n) is 3.85. The second-order valence-electron chi connectivity index (χ2n) is 0.800. The Morgan fingerprint density at radius 2 is 2.33 bits per heavy atom. The van der Waals surface area contributed by atoms with Crippen LogP contribution in [0.4, 0.5) is 0 Å². The number of rotatable bonds is 2. The number of hydrogen-bond acceptors (Lipinski definition) is 1. The van der Waals surface area contributed by atoms with E-state index in [2.05, 4.69) is 11.3 Å². The van der Waals surface area contributed by atoms with Gasteiger partial charge in [-0.1, -0.05) is 12.7 Å². The number of allylic oxidation sites excluding steroid dienone is 2. The van der Waals surface area contributed by atoms with Gasteiger partial charge in [0.2, 0.25) is 0 Å². The van der Waals surface area contributed by atoms with Crippen LogP contribution in [-0.2, 0) is 4.74 Å². The van der Waals surface area contributed by atoms with Crippen molar-refractivity contribution in [2.24, 2.45) is 0 Å². The predicted octanol–water partition coefficient (Wildman–Crippen LogP) is 1.33. The Morgan fingerprint density at radius 3 is 2.50 bits per heavy atom. The van der Waals surface area contributed by atoms with E-state index in [1.807, 2.05) is 0 Å². The van der Waals surface area contributed by atoms with Gasteiger partial charge in [0.15, 0.2) is 0 Å². The Hall–Kier alpha value is -0.720. The Morgan fingerprint density at radius 1 is 1.67 bits per heavy atom. The summed E-state index contributed by atoms with van der Waals surface area (Å²) in [6.45, 7) is 3.43. The fraction of sp³-hybridized carbons (Fsp3) is 0.200. The van der Waals surface area contributed by atoms with E-state index < -0.39 is 0 Å². The summed E-state index contributed by atoms with van der Waals surface area (Å²) in [5.74, 6) is 0. The summed E-state index contributed by atoms with van der Waals surface area (Å²) in [5.41, 5.74) is 0. The zero-order chi connectivity index (χ0) is 4.83. The number of hydrogen-bond donors (Lipinski definition) is 0. The van der Waals surface area contributed by atoms with E-state index in [-0.39, 0.29) is 0 Å². The maximum atomic E-state index is 4.53. The fourth-order valence-corrected chi connectivity index (χ4v) is 0.134. The molecule has 0 aromatic rings. The van der Waals surface area contributed by atoms with Crippen LogP contribution in [0.5, 0.6) is 0 Å². The molecule has 0 aliphatic heterocycles. The molecule has 0 aromatic heterocycles. The molecule has 0 amide bonds. The van der Waals surface area contributed by atoms with E-state index in [4.69, 9.17) is 0 Å². The molecule has 0 aliphatic carbocycles. The highest BCUT2D eigenvalue weighted by molar-refractivity contribution is 4.92. The van der Waals surface area contributed by atoms with Gasteiger partial charge in [-0.15, -0.1) is 0 Å². The Labute approximate surface area is 37.9 Å². The van der Waals surface area contributed by atoms with Crippen molar-refractivity contribution in [3.05, 3.63) is 25.0 Å². The third kappa shape index (κ3) is 3.28. The van der Waals surface area contributed by atoms with Crippen LogP contribution < -0.4 is 0 Å². The molecule has 34 valence electrons. The third-order valence-corrected chi connectivity index (χ3v) is 0.351. The summed E-state index contributed by atoms with van der Waals surface area (Å²) in [7, 11) is 1.60. The van der Waals surface area contributed by atoms with Gasteiger partial charge in [-0.05, 0) is 6.08 Å². The van der Waals surface area contributed by atoms with Crippen molar-refractivity contribution >= 4 is 0 Å². The maximum absolute atomic E-state index is 4.53. The minimum Gasteiger partial charge on any atom is -0.504 e. The molecule has 1 nitrogen and oxygen atoms in total. The van der Waals surface area contributed by atoms with Gasteiger partial charge in [0.25, 0.3) is 0 Å². The summed E-state index contributed by atoms with van der Waals surface area (Å²) < 4.78 is 4.53. The first-order valence-corrected chi connectivity index (χ1v) is 1.72. The highest BCUT2D eigenvalue weighted by Crippen LogP contribution is 1.69. The molecular weight excluding hydrogens is 76.1 g/mol. The Balaban J connectivity index is 2.94. The van der Waals surface area contributed by atoms with Crippen molar-refractivity contribution in [2.75, 3.05) is 7.11 Å². The van der Waals surface area contributed by atoms with Gasteiger partial charge in [0.05, 0.1) is 13.4 Å². The molecule has 1 heteroatoms. The molecule has 0 N–H and O–H groups in total. The Kier molecular flexibility index (Phi) is 3.77. The first-order valence-electron chi connectivity index (χ1n) is 1.72. The lowest BCUT2D eigenvalue weighted by Gasteiger charge is -1.77. The van der Waals surface area contributed by atoms with Crippen molar-refractivity contribution in [3.8, 4) is 0 Å². The van der Waals surface area contributed by atoms with E-state index in [9.17, 15) is 0 Å². The summed E-state index contributed by atoms with van der Waals surface area (Å²) in [6, 6.07) is 0. The minimum absolute atomic E-state index is 1.56. The van der Waals surface area contributed by atoms with Gasteiger partial charge in [-0.3, -0.25) is 0 Å². The van der Waals surface area contributed by atoms with Gasteiger partial charge in [0.1, 0.15) is 0 Å². The van der Waals surface area contributed by atoms with Gasteiger partial charge in [-0.25, -0.2) is 0 Å². The standard InChI is InChI=1S/C5H8O/c1-3-4-5-6-2/h3-5H,1H2,2H3/b5-4+. The number of methoxy groups -OCH3 is 1. The molecule has 0 radical (unpaired) electrons. The molecule has 0 aromatic carbocycles. The second kappa shape index (κ2) is 4.28. The molecule has 0 heterocycles. The molecule has 0 spiro atoms. The second-order valence-corrected chi connectivity index (χ2v) is 0.800. The summed E-state index contributed by atoms with van der Waals surface area (Å²) >= 11 is 0. The molecular formula is C5H8O. The largest absolute Gasteiger partial charge is 0.504 e. The van der Waals surface area contributed by atoms with E-state index in [0.717, 1.165) is 0 Å². The van der Waals surface area contributed by atoms with Crippen LogP contribution in [0.3, 0.4) is 0 Å². The van der Waals surface area contributed by atoms with Gasteiger partial charge in [-0.2, -0.15) is 0 Å². The zero-order valence-corrected chi connectivity index (χ0v) is 3.85. The van der Waals surface area contributed by atoms with Crippen LogP contribution in [0, 0.1) is 0 Å². The average Bonchev–Trinajstić information content (AvgIpc) is 1.61. The average molecular weight is 84.1 g/mol. The molecule has 0 unspecified atom stereocenters. The summed E-state index contributed by atoms with van der Waals surface area (Å²) in [5, 5.41) is 0.